The largest absolute Gasteiger partial charge is 0.505 e. The van der Waals surface area contributed by atoms with Gasteiger partial charge in [-0.25, -0.2) is 9.79 Å². The third-order valence-corrected chi connectivity index (χ3v) is 9.34. The van der Waals surface area contributed by atoms with Gasteiger partial charge >= 0.3 is 6.03 Å². The van der Waals surface area contributed by atoms with E-state index in [1.807, 2.05) is 0 Å². The maximum atomic E-state index is 13.0. The van der Waals surface area contributed by atoms with Gasteiger partial charge in [0.1, 0.15) is 21.2 Å². The topological polar surface area (TPSA) is 272 Å². The Morgan fingerprint density at radius 1 is 0.582 bits per heavy atom. The van der Waals surface area contributed by atoms with Crippen molar-refractivity contribution in [3.8, 4) is 11.5 Å². The van der Waals surface area contributed by atoms with E-state index in [-0.39, 0.29) is 74.1 Å². The van der Waals surface area contributed by atoms with Crippen molar-refractivity contribution in [2.75, 3.05) is 10.6 Å². The van der Waals surface area contributed by atoms with Crippen LogP contribution in [0.15, 0.2) is 138 Å². The predicted molar refractivity (Wildman–Crippen MR) is 206 cm³/mol. The minimum absolute atomic E-state index is 0. The predicted octanol–water partition coefficient (Wildman–Crippen LogP) is 8.60. The second kappa shape index (κ2) is 16.3. The SMILES string of the molecule is CC(O)=Nc1ccc(N=Nc2c(S(=O)(=O)O)cc3cc(NC(=O)Nc4ccc5c(O)c(N=Nc6ccccc6)c(S(=O)(=O)O)cc5c4)ccc3c2O)cc1.[Na]. The molecule has 1 radical (unpaired) electrons. The van der Waals surface area contributed by atoms with E-state index in [2.05, 4.69) is 36.1 Å². The molecule has 0 spiro atoms. The molecular formula is C35H27N7NaO10S2. The van der Waals surface area contributed by atoms with E-state index in [0.717, 1.165) is 12.1 Å². The third kappa shape index (κ3) is 9.48. The zero-order valence-electron chi connectivity index (χ0n) is 28.6. The number of fused-ring (bicyclic) bond motifs is 2. The molecule has 0 unspecified atom stereocenters. The number of nitrogens with one attached hydrogen (secondary N) is 2. The van der Waals surface area contributed by atoms with E-state index in [9.17, 15) is 46.1 Å². The number of phenols is 2. The summed E-state index contributed by atoms with van der Waals surface area (Å²) in [6.07, 6.45) is 0. The molecule has 6 aromatic rings. The number of aliphatic imine (C=N–C) groups is 1. The van der Waals surface area contributed by atoms with Crippen LogP contribution in [-0.2, 0) is 20.2 Å². The minimum Gasteiger partial charge on any atom is -0.505 e. The third-order valence-electron chi connectivity index (χ3n) is 7.60. The number of aromatic hydroxyl groups is 2. The van der Waals surface area contributed by atoms with Crippen LogP contribution < -0.4 is 10.6 Å². The number of urea groups is 1. The Hall–Kier alpha value is -5.80. The molecule has 0 heterocycles. The van der Waals surface area contributed by atoms with Gasteiger partial charge in [0.2, 0.25) is 0 Å². The molecule has 17 nitrogen and oxygen atoms in total. The zero-order chi connectivity index (χ0) is 38.8. The first-order valence-electron chi connectivity index (χ1n) is 15.4. The first-order chi connectivity index (χ1) is 25.6. The Labute approximate surface area is 334 Å². The van der Waals surface area contributed by atoms with Gasteiger partial charge in [-0.3, -0.25) is 9.11 Å². The van der Waals surface area contributed by atoms with Gasteiger partial charge < -0.3 is 26.0 Å². The van der Waals surface area contributed by atoms with E-state index in [1.54, 1.807) is 30.3 Å². The normalized spacial score (nSPS) is 12.3. The minimum atomic E-state index is -4.94. The molecular weight excluding hydrogens is 766 g/mol. The standard InChI is InChI=1S/C35H27N7O10S2.Na/c1-19(43)36-22-7-9-24(10-8-22)40-42-32-30(54(50,51)52)18-21-16-26(12-14-28(21)34(32)45)38-35(46)37-25-11-13-27-20(15-25)17-29(53(47,48)49)31(33(27)44)41-39-23-5-3-2-4-6-23;/h2-18,44-45H,1H3,(H,36,43)(H2,37,38,46)(H,47,48,49)(H,50,51,52);. The summed E-state index contributed by atoms with van der Waals surface area (Å²) in [4.78, 5) is 15.4. The van der Waals surface area contributed by atoms with Crippen LogP contribution >= 0.6 is 0 Å². The summed E-state index contributed by atoms with van der Waals surface area (Å²) in [6.45, 7) is 1.40. The Morgan fingerprint density at radius 2 is 1.00 bits per heavy atom. The smallest absolute Gasteiger partial charge is 0.323 e. The average Bonchev–Trinajstić information content (AvgIpc) is 3.10. The number of benzene rings is 6. The van der Waals surface area contributed by atoms with E-state index < -0.39 is 58.9 Å². The van der Waals surface area contributed by atoms with Crippen molar-refractivity contribution < 1.29 is 46.1 Å². The van der Waals surface area contributed by atoms with Crippen molar-refractivity contribution in [2.24, 2.45) is 25.4 Å². The van der Waals surface area contributed by atoms with Crippen LogP contribution in [-0.4, -0.2) is 82.7 Å². The van der Waals surface area contributed by atoms with Gasteiger partial charge in [-0.15, -0.1) is 10.2 Å². The van der Waals surface area contributed by atoms with Crippen molar-refractivity contribution in [2.45, 2.75) is 16.7 Å². The molecule has 6 aromatic carbocycles. The maximum Gasteiger partial charge on any atom is 0.323 e. The Kier molecular flexibility index (Phi) is 12.0. The Bertz CT molecular complexity index is 2780. The van der Waals surface area contributed by atoms with Crippen molar-refractivity contribution in [3.05, 3.63) is 103 Å². The second-order valence-electron chi connectivity index (χ2n) is 11.5. The number of phenolic OH excluding ortho intramolecular Hbond substituents is 2. The number of nitrogens with zero attached hydrogens (tertiary/aromatic N) is 5. The molecule has 55 heavy (non-hydrogen) atoms. The van der Waals surface area contributed by atoms with Gasteiger partial charge in [-0.2, -0.15) is 27.1 Å². The summed E-state index contributed by atoms with van der Waals surface area (Å²) < 4.78 is 69.0. The number of rotatable bonds is 9. The number of amides is 2. The molecule has 20 heteroatoms. The van der Waals surface area contributed by atoms with Gasteiger partial charge in [0, 0.05) is 58.6 Å². The maximum absolute atomic E-state index is 13.0. The molecule has 0 saturated carbocycles. The van der Waals surface area contributed by atoms with Gasteiger partial charge in [0.15, 0.2) is 17.4 Å². The fraction of sp³-hybridized carbons (Fsp3) is 0.0286. The molecule has 0 aliphatic heterocycles. The summed E-state index contributed by atoms with van der Waals surface area (Å²) in [7, 11) is -9.83. The Balaban J connectivity index is 0.00000580. The number of aliphatic hydroxyl groups is 1. The zero-order valence-corrected chi connectivity index (χ0v) is 32.3. The molecule has 0 aromatic heterocycles. The van der Waals surface area contributed by atoms with Gasteiger partial charge in [0.05, 0.1) is 17.1 Å². The Morgan fingerprint density at radius 3 is 1.42 bits per heavy atom. The number of carbonyl (C=O) groups excluding carboxylic acids is 1. The van der Waals surface area contributed by atoms with Crippen molar-refractivity contribution in [1.82, 2.24) is 0 Å². The fourth-order valence-electron chi connectivity index (χ4n) is 5.23. The number of hydrogen-bond acceptors (Lipinski definition) is 12. The number of aliphatic hydroxyl groups excluding tert-OH is 1. The quantitative estimate of drug-likeness (QED) is 0.0241. The van der Waals surface area contributed by atoms with E-state index in [1.165, 1.54) is 67.6 Å². The average molecular weight is 793 g/mol. The first kappa shape index (κ1) is 40.4. The summed E-state index contributed by atoms with van der Waals surface area (Å²) >= 11 is 0. The van der Waals surface area contributed by atoms with E-state index in [4.69, 9.17) is 0 Å². The molecule has 0 saturated heterocycles. The van der Waals surface area contributed by atoms with Crippen LogP contribution in [0.1, 0.15) is 6.92 Å². The number of azo groups is 2. The van der Waals surface area contributed by atoms with Crippen molar-refractivity contribution >= 4 is 123 Å². The molecule has 0 aliphatic carbocycles. The van der Waals surface area contributed by atoms with Crippen LogP contribution in [0, 0.1) is 0 Å². The molecule has 0 atom stereocenters. The van der Waals surface area contributed by atoms with Crippen LogP contribution in [0.3, 0.4) is 0 Å². The second-order valence-corrected chi connectivity index (χ2v) is 14.2. The molecule has 7 N–H and O–H groups in total. The van der Waals surface area contributed by atoms with Gasteiger partial charge in [0.25, 0.3) is 20.2 Å². The molecule has 0 aliphatic rings. The van der Waals surface area contributed by atoms with Gasteiger partial charge in [-0.1, -0.05) is 18.2 Å². The summed E-state index contributed by atoms with van der Waals surface area (Å²) in [5.74, 6) is -1.36. The summed E-state index contributed by atoms with van der Waals surface area (Å²) in [5, 5.41) is 52.4. The molecule has 0 fully saturated rings. The van der Waals surface area contributed by atoms with Crippen LogP contribution in [0.25, 0.3) is 21.5 Å². The number of carbonyl (C=O) groups is 1. The molecule has 6 rings (SSSR count). The number of anilines is 2. The van der Waals surface area contributed by atoms with Crippen LogP contribution in [0.2, 0.25) is 0 Å². The monoisotopic (exact) mass is 792 g/mol. The van der Waals surface area contributed by atoms with Crippen LogP contribution in [0.4, 0.5) is 44.6 Å². The summed E-state index contributed by atoms with van der Waals surface area (Å²) in [5.41, 5.74) is 0.280. The van der Waals surface area contributed by atoms with Crippen molar-refractivity contribution in [3.63, 3.8) is 0 Å². The summed E-state index contributed by atoms with van der Waals surface area (Å²) in [6, 6.07) is 23.9. The first-order valence-corrected chi connectivity index (χ1v) is 18.3. The van der Waals surface area contributed by atoms with E-state index in [0.29, 0.717) is 11.4 Å². The molecule has 2 amide bonds. The number of hydrogen-bond donors (Lipinski definition) is 7. The molecule has 275 valence electrons. The van der Waals surface area contributed by atoms with Gasteiger partial charge in [-0.05, 0) is 95.7 Å². The van der Waals surface area contributed by atoms with Crippen molar-refractivity contribution in [1.29, 1.82) is 0 Å². The van der Waals surface area contributed by atoms with E-state index >= 15 is 0 Å². The van der Waals surface area contributed by atoms with Crippen LogP contribution in [0.5, 0.6) is 11.5 Å². The fourth-order valence-corrected chi connectivity index (χ4v) is 6.55. The molecule has 0 bridgehead atoms.